The summed E-state index contributed by atoms with van der Waals surface area (Å²) < 4.78 is 7.09. The van der Waals surface area contributed by atoms with E-state index in [1.807, 2.05) is 12.1 Å². The summed E-state index contributed by atoms with van der Waals surface area (Å²) >= 11 is 1.28. The lowest BCUT2D eigenvalue weighted by molar-refractivity contribution is -0.142. The summed E-state index contributed by atoms with van der Waals surface area (Å²) in [5, 5.41) is 11.0. The van der Waals surface area contributed by atoms with Crippen molar-refractivity contribution in [3.05, 3.63) is 62.5 Å². The van der Waals surface area contributed by atoms with Gasteiger partial charge in [-0.25, -0.2) is 4.98 Å². The summed E-state index contributed by atoms with van der Waals surface area (Å²) in [4.78, 5) is 28.4. The van der Waals surface area contributed by atoms with Gasteiger partial charge in [0.25, 0.3) is 5.56 Å². The van der Waals surface area contributed by atoms with Crippen LogP contribution in [0.5, 0.6) is 0 Å². The van der Waals surface area contributed by atoms with E-state index in [2.05, 4.69) is 11.1 Å². The molecule has 2 heterocycles. The Kier molecular flexibility index (Phi) is 4.63. The summed E-state index contributed by atoms with van der Waals surface area (Å²) in [6.07, 6.45) is 0. The van der Waals surface area contributed by atoms with Crippen LogP contribution in [0.3, 0.4) is 0 Å². The number of benzene rings is 1. The number of aryl methyl sites for hydroxylation is 1. The van der Waals surface area contributed by atoms with E-state index in [1.165, 1.54) is 18.3 Å². The van der Waals surface area contributed by atoms with Crippen LogP contribution in [-0.4, -0.2) is 15.5 Å². The molecule has 0 radical (unpaired) electrons. The molecule has 126 valence electrons. The largest absolute Gasteiger partial charge is 0.461 e. The van der Waals surface area contributed by atoms with Crippen molar-refractivity contribution in [2.45, 2.75) is 27.0 Å². The van der Waals surface area contributed by atoms with Gasteiger partial charge in [-0.15, -0.1) is 11.3 Å². The van der Waals surface area contributed by atoms with E-state index in [0.29, 0.717) is 21.6 Å². The van der Waals surface area contributed by atoms with Crippen LogP contribution < -0.4 is 5.56 Å². The normalized spacial score (nSPS) is 10.6. The number of fused-ring (bicyclic) bond motifs is 1. The Labute approximate surface area is 147 Å². The van der Waals surface area contributed by atoms with E-state index in [0.717, 1.165) is 11.1 Å². The van der Waals surface area contributed by atoms with Gasteiger partial charge in [0.15, 0.2) is 0 Å². The molecule has 0 bridgehead atoms. The number of aromatic nitrogens is 2. The van der Waals surface area contributed by atoms with Crippen LogP contribution in [0.15, 0.2) is 34.4 Å². The molecule has 25 heavy (non-hydrogen) atoms. The van der Waals surface area contributed by atoms with Crippen LogP contribution in [0, 0.1) is 18.3 Å². The van der Waals surface area contributed by atoms with Crippen molar-refractivity contribution < 1.29 is 9.53 Å². The molecule has 0 saturated heterocycles. The van der Waals surface area contributed by atoms with Crippen LogP contribution in [0.1, 0.15) is 29.4 Å². The minimum absolute atomic E-state index is 0.0997. The predicted octanol–water partition coefficient (Wildman–Crippen LogP) is 2.75. The number of rotatable bonds is 4. The zero-order valence-electron chi connectivity index (χ0n) is 13.8. The van der Waals surface area contributed by atoms with Crippen molar-refractivity contribution in [3.63, 3.8) is 0 Å². The highest BCUT2D eigenvalue weighted by Crippen LogP contribution is 2.23. The highest BCUT2D eigenvalue weighted by molar-refractivity contribution is 7.17. The lowest BCUT2D eigenvalue weighted by Gasteiger charge is -2.11. The van der Waals surface area contributed by atoms with Crippen molar-refractivity contribution >= 4 is 27.5 Å². The first kappa shape index (κ1) is 16.9. The van der Waals surface area contributed by atoms with Crippen LogP contribution in [0.25, 0.3) is 10.2 Å². The highest BCUT2D eigenvalue weighted by Gasteiger charge is 2.15. The Morgan fingerprint density at radius 2 is 2.12 bits per heavy atom. The summed E-state index contributed by atoms with van der Waals surface area (Å²) in [5.74, 6) is 0.172. The molecule has 3 aromatic rings. The SMILES string of the molecule is CC(=O)OCc1csc2c(=O)n(Cc3ccccc3C#N)c(C)nc12. The van der Waals surface area contributed by atoms with Crippen molar-refractivity contribution in [1.29, 1.82) is 5.26 Å². The number of carbonyl (C=O) groups excluding carboxylic acids is 1. The van der Waals surface area contributed by atoms with Gasteiger partial charge in [0.2, 0.25) is 0 Å². The summed E-state index contributed by atoms with van der Waals surface area (Å²) in [6.45, 7) is 3.48. The smallest absolute Gasteiger partial charge is 0.302 e. The second kappa shape index (κ2) is 6.87. The van der Waals surface area contributed by atoms with E-state index in [1.54, 1.807) is 29.0 Å². The Morgan fingerprint density at radius 3 is 2.84 bits per heavy atom. The number of nitriles is 1. The minimum Gasteiger partial charge on any atom is -0.461 e. The fourth-order valence-corrected chi connectivity index (χ4v) is 3.50. The maximum Gasteiger partial charge on any atom is 0.302 e. The highest BCUT2D eigenvalue weighted by atomic mass is 32.1. The quantitative estimate of drug-likeness (QED) is 0.673. The van der Waals surface area contributed by atoms with Gasteiger partial charge in [-0.3, -0.25) is 14.2 Å². The lowest BCUT2D eigenvalue weighted by atomic mass is 10.1. The molecule has 0 fully saturated rings. The molecule has 0 unspecified atom stereocenters. The first-order valence-corrected chi connectivity index (χ1v) is 8.48. The van der Waals surface area contributed by atoms with Gasteiger partial charge in [0.1, 0.15) is 17.1 Å². The summed E-state index contributed by atoms with van der Waals surface area (Å²) in [7, 11) is 0. The third-order valence-electron chi connectivity index (χ3n) is 3.84. The van der Waals surface area contributed by atoms with E-state index < -0.39 is 0 Å². The van der Waals surface area contributed by atoms with Gasteiger partial charge in [-0.2, -0.15) is 5.26 Å². The van der Waals surface area contributed by atoms with Crippen LogP contribution in [-0.2, 0) is 22.7 Å². The van der Waals surface area contributed by atoms with E-state index in [-0.39, 0.29) is 24.7 Å². The van der Waals surface area contributed by atoms with E-state index in [9.17, 15) is 14.9 Å². The van der Waals surface area contributed by atoms with Crippen LogP contribution in [0.4, 0.5) is 0 Å². The molecule has 3 rings (SSSR count). The van der Waals surface area contributed by atoms with Crippen molar-refractivity contribution in [3.8, 4) is 6.07 Å². The Bertz CT molecular complexity index is 1060. The maximum absolute atomic E-state index is 12.8. The third-order valence-corrected chi connectivity index (χ3v) is 4.85. The molecule has 0 N–H and O–H groups in total. The Morgan fingerprint density at radius 1 is 1.36 bits per heavy atom. The van der Waals surface area contributed by atoms with Crippen LogP contribution >= 0.6 is 11.3 Å². The molecule has 6 nitrogen and oxygen atoms in total. The summed E-state index contributed by atoms with van der Waals surface area (Å²) in [6, 6.07) is 9.33. The van der Waals surface area contributed by atoms with Crippen molar-refractivity contribution in [2.24, 2.45) is 0 Å². The van der Waals surface area contributed by atoms with Crippen LogP contribution in [0.2, 0.25) is 0 Å². The van der Waals surface area contributed by atoms with Crippen molar-refractivity contribution in [1.82, 2.24) is 9.55 Å². The number of thiophene rings is 1. The molecule has 0 aliphatic rings. The maximum atomic E-state index is 12.8. The summed E-state index contributed by atoms with van der Waals surface area (Å²) in [5.41, 5.74) is 2.44. The van der Waals surface area contributed by atoms with Gasteiger partial charge in [0, 0.05) is 17.9 Å². The average molecular weight is 353 g/mol. The number of hydrogen-bond acceptors (Lipinski definition) is 6. The minimum atomic E-state index is -0.377. The molecule has 1 aromatic carbocycles. The topological polar surface area (TPSA) is 85.0 Å². The fraction of sp³-hybridized carbons (Fsp3) is 0.222. The molecule has 0 amide bonds. The second-order valence-corrected chi connectivity index (χ2v) is 6.42. The molecule has 7 heteroatoms. The standard InChI is InChI=1S/C18H15N3O3S/c1-11-20-16-15(9-24-12(2)22)10-25-17(16)18(23)21(11)8-14-6-4-3-5-13(14)7-19/h3-6,10H,8-9H2,1-2H3. The van der Waals surface area contributed by atoms with Crippen molar-refractivity contribution in [2.75, 3.05) is 0 Å². The molecule has 0 aliphatic heterocycles. The molecule has 0 spiro atoms. The number of esters is 1. The van der Waals surface area contributed by atoms with Gasteiger partial charge in [-0.1, -0.05) is 18.2 Å². The lowest BCUT2D eigenvalue weighted by Crippen LogP contribution is -2.24. The molecular formula is C18H15N3O3S. The molecule has 2 aromatic heterocycles. The zero-order valence-corrected chi connectivity index (χ0v) is 14.6. The average Bonchev–Trinajstić information content (AvgIpc) is 3.00. The zero-order chi connectivity index (χ0) is 18.0. The first-order valence-electron chi connectivity index (χ1n) is 7.60. The molecule has 0 atom stereocenters. The third kappa shape index (κ3) is 3.30. The molecule has 0 aliphatic carbocycles. The Balaban J connectivity index is 2.05. The van der Waals surface area contributed by atoms with Gasteiger partial charge < -0.3 is 4.74 Å². The molecular weight excluding hydrogens is 338 g/mol. The second-order valence-electron chi connectivity index (χ2n) is 5.54. The van der Waals surface area contributed by atoms with E-state index in [4.69, 9.17) is 4.74 Å². The number of ether oxygens (including phenoxy) is 1. The number of nitrogens with zero attached hydrogens (tertiary/aromatic N) is 3. The van der Waals surface area contributed by atoms with Gasteiger partial charge in [-0.05, 0) is 18.6 Å². The first-order chi connectivity index (χ1) is 12.0. The Hall–Kier alpha value is -2.98. The number of hydrogen-bond donors (Lipinski definition) is 0. The molecule has 0 saturated carbocycles. The predicted molar refractivity (Wildman–Crippen MR) is 94.3 cm³/mol. The fourth-order valence-electron chi connectivity index (χ4n) is 2.56. The number of carbonyl (C=O) groups is 1. The van der Waals surface area contributed by atoms with Gasteiger partial charge >= 0.3 is 5.97 Å². The van der Waals surface area contributed by atoms with Gasteiger partial charge in [0.05, 0.1) is 23.7 Å². The van der Waals surface area contributed by atoms with E-state index >= 15 is 0 Å². The monoisotopic (exact) mass is 353 g/mol.